The fourth-order valence-corrected chi connectivity index (χ4v) is 2.16. The Kier molecular flexibility index (Phi) is 6.34. The highest BCUT2D eigenvalue weighted by Crippen LogP contribution is 2.18. The molecule has 0 aliphatic carbocycles. The standard InChI is InChI=1S/C20H22N2O3/c1-14(2)16-4-3-5-17(12-16)22-20(24)11-8-15-6-9-18(10-7-15)25-13-19(21)23/h3-12,14H,13H2,1-2H3,(H2,21,23)(H,22,24)/b11-8+. The highest BCUT2D eigenvalue weighted by molar-refractivity contribution is 6.01. The van der Waals surface area contributed by atoms with Crippen molar-refractivity contribution in [1.29, 1.82) is 0 Å². The zero-order chi connectivity index (χ0) is 18.2. The number of primary amides is 1. The first-order valence-electron chi connectivity index (χ1n) is 8.04. The molecule has 5 heteroatoms. The number of carbonyl (C=O) groups excluding carboxylic acids is 2. The van der Waals surface area contributed by atoms with Crippen LogP contribution in [0.4, 0.5) is 5.69 Å². The lowest BCUT2D eigenvalue weighted by Gasteiger charge is -2.08. The summed E-state index contributed by atoms with van der Waals surface area (Å²) in [4.78, 5) is 22.7. The Balaban J connectivity index is 1.93. The minimum Gasteiger partial charge on any atom is -0.484 e. The van der Waals surface area contributed by atoms with E-state index in [2.05, 4.69) is 19.2 Å². The normalized spacial score (nSPS) is 10.8. The molecule has 25 heavy (non-hydrogen) atoms. The van der Waals surface area contributed by atoms with Crippen molar-refractivity contribution in [2.24, 2.45) is 5.73 Å². The van der Waals surface area contributed by atoms with Gasteiger partial charge in [0.25, 0.3) is 5.91 Å². The zero-order valence-corrected chi connectivity index (χ0v) is 14.4. The third-order valence-corrected chi connectivity index (χ3v) is 3.51. The van der Waals surface area contributed by atoms with Crippen LogP contribution in [0.15, 0.2) is 54.6 Å². The van der Waals surface area contributed by atoms with Crippen LogP contribution in [0.3, 0.4) is 0 Å². The summed E-state index contributed by atoms with van der Waals surface area (Å²) in [5.41, 5.74) is 7.81. The van der Waals surface area contributed by atoms with Crippen molar-refractivity contribution in [3.05, 3.63) is 65.7 Å². The molecular weight excluding hydrogens is 316 g/mol. The first-order valence-corrected chi connectivity index (χ1v) is 8.04. The smallest absolute Gasteiger partial charge is 0.255 e. The summed E-state index contributed by atoms with van der Waals surface area (Å²) in [6.45, 7) is 4.06. The van der Waals surface area contributed by atoms with Crippen LogP contribution >= 0.6 is 0 Å². The molecule has 2 aromatic rings. The number of nitrogens with one attached hydrogen (secondary N) is 1. The van der Waals surface area contributed by atoms with Crippen LogP contribution in [-0.4, -0.2) is 18.4 Å². The molecule has 0 fully saturated rings. The maximum atomic E-state index is 12.0. The van der Waals surface area contributed by atoms with E-state index in [1.54, 1.807) is 30.3 Å². The predicted molar refractivity (Wildman–Crippen MR) is 99.3 cm³/mol. The minimum atomic E-state index is -0.526. The van der Waals surface area contributed by atoms with E-state index in [9.17, 15) is 9.59 Å². The Morgan fingerprint density at radius 1 is 1.16 bits per heavy atom. The topological polar surface area (TPSA) is 81.4 Å². The Hall–Kier alpha value is -3.08. The molecule has 0 aromatic heterocycles. The second-order valence-corrected chi connectivity index (χ2v) is 5.93. The highest BCUT2D eigenvalue weighted by Gasteiger charge is 2.02. The highest BCUT2D eigenvalue weighted by atomic mass is 16.5. The van der Waals surface area contributed by atoms with Crippen LogP contribution in [0.25, 0.3) is 6.08 Å². The van der Waals surface area contributed by atoms with Crippen molar-refractivity contribution >= 4 is 23.6 Å². The molecule has 0 heterocycles. The summed E-state index contributed by atoms with van der Waals surface area (Å²) in [5, 5.41) is 2.85. The number of rotatable bonds is 7. The van der Waals surface area contributed by atoms with Gasteiger partial charge in [-0.15, -0.1) is 0 Å². The second-order valence-electron chi connectivity index (χ2n) is 5.93. The van der Waals surface area contributed by atoms with Gasteiger partial charge in [0.2, 0.25) is 5.91 Å². The minimum absolute atomic E-state index is 0.160. The molecule has 0 atom stereocenters. The molecule has 2 aromatic carbocycles. The Morgan fingerprint density at radius 2 is 1.88 bits per heavy atom. The number of nitrogens with two attached hydrogens (primary N) is 1. The fourth-order valence-electron chi connectivity index (χ4n) is 2.16. The van der Waals surface area contributed by atoms with Crippen molar-refractivity contribution in [3.8, 4) is 5.75 Å². The molecule has 0 spiro atoms. The van der Waals surface area contributed by atoms with E-state index in [-0.39, 0.29) is 12.5 Å². The van der Waals surface area contributed by atoms with Crippen LogP contribution < -0.4 is 15.8 Å². The lowest BCUT2D eigenvalue weighted by Crippen LogP contribution is -2.19. The van der Waals surface area contributed by atoms with Crippen molar-refractivity contribution in [2.45, 2.75) is 19.8 Å². The van der Waals surface area contributed by atoms with E-state index in [1.807, 2.05) is 24.3 Å². The van der Waals surface area contributed by atoms with E-state index in [0.29, 0.717) is 11.7 Å². The van der Waals surface area contributed by atoms with Crippen molar-refractivity contribution in [1.82, 2.24) is 0 Å². The molecule has 2 rings (SSSR count). The van der Waals surface area contributed by atoms with Gasteiger partial charge in [0, 0.05) is 11.8 Å². The number of hydrogen-bond acceptors (Lipinski definition) is 3. The first kappa shape index (κ1) is 18.3. The van der Waals surface area contributed by atoms with E-state index in [4.69, 9.17) is 10.5 Å². The van der Waals surface area contributed by atoms with Gasteiger partial charge in [-0.3, -0.25) is 9.59 Å². The summed E-state index contributed by atoms with van der Waals surface area (Å²) < 4.78 is 5.18. The molecule has 130 valence electrons. The number of hydrogen-bond donors (Lipinski definition) is 2. The number of anilines is 1. The summed E-state index contributed by atoms with van der Waals surface area (Å²) >= 11 is 0. The van der Waals surface area contributed by atoms with Crippen molar-refractivity contribution < 1.29 is 14.3 Å². The largest absolute Gasteiger partial charge is 0.484 e. The zero-order valence-electron chi connectivity index (χ0n) is 14.4. The molecule has 0 bridgehead atoms. The lowest BCUT2D eigenvalue weighted by atomic mass is 10.0. The molecule has 0 radical (unpaired) electrons. The third kappa shape index (κ3) is 6.14. The van der Waals surface area contributed by atoms with Crippen molar-refractivity contribution in [3.63, 3.8) is 0 Å². The average molecular weight is 338 g/mol. The fraction of sp³-hybridized carbons (Fsp3) is 0.200. The Bertz CT molecular complexity index is 765. The van der Waals surface area contributed by atoms with E-state index in [1.165, 1.54) is 11.6 Å². The van der Waals surface area contributed by atoms with Crippen LogP contribution in [-0.2, 0) is 9.59 Å². The number of benzene rings is 2. The second kappa shape index (κ2) is 8.68. The molecule has 0 saturated carbocycles. The molecule has 3 N–H and O–H groups in total. The average Bonchev–Trinajstić information content (AvgIpc) is 2.59. The van der Waals surface area contributed by atoms with Gasteiger partial charge in [-0.25, -0.2) is 0 Å². The summed E-state index contributed by atoms with van der Waals surface area (Å²) in [7, 11) is 0. The van der Waals surface area contributed by atoms with Crippen LogP contribution in [0, 0.1) is 0 Å². The quantitative estimate of drug-likeness (QED) is 0.760. The molecule has 2 amide bonds. The summed E-state index contributed by atoms with van der Waals surface area (Å²) in [5.74, 6) is 0.228. The van der Waals surface area contributed by atoms with E-state index >= 15 is 0 Å². The van der Waals surface area contributed by atoms with Gasteiger partial charge in [0.05, 0.1) is 0 Å². The maximum Gasteiger partial charge on any atom is 0.255 e. The lowest BCUT2D eigenvalue weighted by molar-refractivity contribution is -0.120. The van der Waals surface area contributed by atoms with Crippen LogP contribution in [0.5, 0.6) is 5.75 Å². The molecule has 0 aliphatic rings. The number of amides is 2. The maximum absolute atomic E-state index is 12.0. The molecular formula is C20H22N2O3. The molecule has 5 nitrogen and oxygen atoms in total. The van der Waals surface area contributed by atoms with Crippen LogP contribution in [0.2, 0.25) is 0 Å². The van der Waals surface area contributed by atoms with E-state index in [0.717, 1.165) is 11.3 Å². The number of carbonyl (C=O) groups is 2. The molecule has 0 aliphatic heterocycles. The van der Waals surface area contributed by atoms with E-state index < -0.39 is 5.91 Å². The van der Waals surface area contributed by atoms with Gasteiger partial charge < -0.3 is 15.8 Å². The SMILES string of the molecule is CC(C)c1cccc(NC(=O)/C=C/c2ccc(OCC(N)=O)cc2)c1. The summed E-state index contributed by atoms with van der Waals surface area (Å²) in [6, 6.07) is 14.8. The molecule has 0 saturated heterocycles. The first-order chi connectivity index (χ1) is 11.9. The monoisotopic (exact) mass is 338 g/mol. The molecule has 0 unspecified atom stereocenters. The van der Waals surface area contributed by atoms with Gasteiger partial charge in [0.15, 0.2) is 6.61 Å². The number of ether oxygens (including phenoxy) is 1. The van der Waals surface area contributed by atoms with Gasteiger partial charge in [-0.05, 0) is 47.4 Å². The Labute approximate surface area is 147 Å². The van der Waals surface area contributed by atoms with Crippen LogP contribution in [0.1, 0.15) is 30.9 Å². The van der Waals surface area contributed by atoms with Gasteiger partial charge in [-0.1, -0.05) is 38.1 Å². The predicted octanol–water partition coefficient (Wildman–Crippen LogP) is 3.33. The van der Waals surface area contributed by atoms with Gasteiger partial charge in [-0.2, -0.15) is 0 Å². The Morgan fingerprint density at radius 3 is 2.52 bits per heavy atom. The summed E-state index contributed by atoms with van der Waals surface area (Å²) in [6.07, 6.45) is 3.18. The van der Waals surface area contributed by atoms with Gasteiger partial charge >= 0.3 is 0 Å². The van der Waals surface area contributed by atoms with Crippen molar-refractivity contribution in [2.75, 3.05) is 11.9 Å². The third-order valence-electron chi connectivity index (χ3n) is 3.51. The van der Waals surface area contributed by atoms with Gasteiger partial charge in [0.1, 0.15) is 5.75 Å².